The van der Waals surface area contributed by atoms with E-state index in [1.165, 1.54) is 4.88 Å². The molecule has 0 saturated heterocycles. The second kappa shape index (κ2) is 10.3. The van der Waals surface area contributed by atoms with Gasteiger partial charge in [0, 0.05) is 32.1 Å². The van der Waals surface area contributed by atoms with E-state index in [0.717, 1.165) is 19.5 Å². The fourth-order valence-corrected chi connectivity index (χ4v) is 2.75. The third-order valence-electron chi connectivity index (χ3n) is 3.30. The molecule has 5 nitrogen and oxygen atoms in total. The van der Waals surface area contributed by atoms with Crippen LogP contribution in [0.1, 0.15) is 25.6 Å². The van der Waals surface area contributed by atoms with Crippen LogP contribution in [0.25, 0.3) is 0 Å². The van der Waals surface area contributed by atoms with E-state index < -0.39 is 0 Å². The number of nitrogens with one attached hydrogen (secondary N) is 2. The van der Waals surface area contributed by atoms with Crippen LogP contribution in [0.15, 0.2) is 22.5 Å². The van der Waals surface area contributed by atoms with Crippen molar-refractivity contribution in [3.05, 3.63) is 22.4 Å². The number of guanidine groups is 1. The van der Waals surface area contributed by atoms with Crippen LogP contribution >= 0.6 is 11.3 Å². The zero-order valence-corrected chi connectivity index (χ0v) is 15.7. The lowest BCUT2D eigenvalue weighted by atomic mass is 10.1. The van der Waals surface area contributed by atoms with Gasteiger partial charge in [-0.1, -0.05) is 26.8 Å². The summed E-state index contributed by atoms with van der Waals surface area (Å²) in [4.78, 5) is 19.0. The van der Waals surface area contributed by atoms with E-state index in [4.69, 9.17) is 0 Å². The largest absolute Gasteiger partial charge is 0.356 e. The van der Waals surface area contributed by atoms with Crippen LogP contribution in [0.3, 0.4) is 0 Å². The molecule has 0 spiro atoms. The van der Waals surface area contributed by atoms with Crippen LogP contribution in [0.5, 0.6) is 0 Å². The highest BCUT2D eigenvalue weighted by Crippen LogP contribution is 2.13. The van der Waals surface area contributed by atoms with Crippen molar-refractivity contribution in [2.45, 2.75) is 27.2 Å². The maximum Gasteiger partial charge on any atom is 0.243 e. The Morgan fingerprint density at radius 2 is 1.96 bits per heavy atom. The maximum absolute atomic E-state index is 11.7. The number of hydrogen-bond donors (Lipinski definition) is 2. The van der Waals surface area contributed by atoms with Gasteiger partial charge >= 0.3 is 0 Å². The first-order chi connectivity index (χ1) is 10.9. The molecule has 130 valence electrons. The first-order valence-corrected chi connectivity index (χ1v) is 9.01. The monoisotopic (exact) mass is 338 g/mol. The fourth-order valence-electron chi connectivity index (χ4n) is 1.88. The Balaban J connectivity index is 2.50. The minimum Gasteiger partial charge on any atom is -0.356 e. The Kier molecular flexibility index (Phi) is 8.69. The van der Waals surface area contributed by atoms with Gasteiger partial charge in [0.15, 0.2) is 5.96 Å². The van der Waals surface area contributed by atoms with E-state index in [9.17, 15) is 4.79 Å². The summed E-state index contributed by atoms with van der Waals surface area (Å²) in [5.41, 5.74) is 0. The van der Waals surface area contributed by atoms with Gasteiger partial charge in [-0.25, -0.2) is 4.99 Å². The molecule has 0 saturated carbocycles. The van der Waals surface area contributed by atoms with Crippen LogP contribution < -0.4 is 10.6 Å². The number of thiophene rings is 1. The molecular formula is C17H30N4OS. The number of hydrogen-bond acceptors (Lipinski definition) is 3. The van der Waals surface area contributed by atoms with Crippen molar-refractivity contribution < 1.29 is 4.79 Å². The molecule has 0 aliphatic heterocycles. The van der Waals surface area contributed by atoms with Crippen LogP contribution in [0.4, 0.5) is 0 Å². The number of carbonyl (C=O) groups is 1. The summed E-state index contributed by atoms with van der Waals surface area (Å²) in [6, 6.07) is 4.26. The van der Waals surface area contributed by atoms with Gasteiger partial charge in [0.1, 0.15) is 6.54 Å². The second-order valence-corrected chi connectivity index (χ2v) is 7.53. The quantitative estimate of drug-likeness (QED) is 0.564. The van der Waals surface area contributed by atoms with Gasteiger partial charge in [-0.2, -0.15) is 0 Å². The summed E-state index contributed by atoms with van der Waals surface area (Å²) in [5, 5.41) is 8.76. The van der Waals surface area contributed by atoms with Gasteiger partial charge < -0.3 is 15.5 Å². The van der Waals surface area contributed by atoms with Gasteiger partial charge in [0.2, 0.25) is 5.91 Å². The lowest BCUT2D eigenvalue weighted by Crippen LogP contribution is -2.42. The van der Waals surface area contributed by atoms with Crippen molar-refractivity contribution in [1.29, 1.82) is 0 Å². The highest BCUT2D eigenvalue weighted by atomic mass is 32.1. The van der Waals surface area contributed by atoms with Crippen molar-refractivity contribution in [2.24, 2.45) is 16.8 Å². The van der Waals surface area contributed by atoms with Gasteiger partial charge in [-0.15, -0.1) is 11.3 Å². The van der Waals surface area contributed by atoms with E-state index in [0.29, 0.717) is 17.8 Å². The molecule has 1 rings (SSSR count). The fraction of sp³-hybridized carbons (Fsp3) is 0.647. The van der Waals surface area contributed by atoms with Crippen molar-refractivity contribution in [2.75, 3.05) is 33.7 Å². The molecule has 6 heteroatoms. The van der Waals surface area contributed by atoms with Crippen LogP contribution in [-0.2, 0) is 11.2 Å². The molecule has 1 atom stereocenters. The molecule has 1 amide bonds. The second-order valence-electron chi connectivity index (χ2n) is 6.50. The Labute approximate surface area is 144 Å². The lowest BCUT2D eigenvalue weighted by Gasteiger charge is -2.17. The zero-order valence-electron chi connectivity index (χ0n) is 14.9. The van der Waals surface area contributed by atoms with Gasteiger partial charge in [0.05, 0.1) is 0 Å². The molecule has 1 heterocycles. The highest BCUT2D eigenvalue weighted by molar-refractivity contribution is 7.09. The molecule has 1 unspecified atom stereocenters. The van der Waals surface area contributed by atoms with Crippen molar-refractivity contribution in [3.8, 4) is 0 Å². The number of nitrogens with zero attached hydrogens (tertiary/aromatic N) is 2. The van der Waals surface area contributed by atoms with Gasteiger partial charge in [0.25, 0.3) is 0 Å². The van der Waals surface area contributed by atoms with Crippen molar-refractivity contribution >= 4 is 23.2 Å². The number of amides is 1. The minimum absolute atomic E-state index is 0.00211. The molecule has 2 N–H and O–H groups in total. The summed E-state index contributed by atoms with van der Waals surface area (Å²) in [7, 11) is 3.49. The number of rotatable bonds is 8. The smallest absolute Gasteiger partial charge is 0.243 e. The van der Waals surface area contributed by atoms with E-state index in [1.807, 2.05) is 0 Å². The van der Waals surface area contributed by atoms with Crippen LogP contribution in [-0.4, -0.2) is 50.5 Å². The molecule has 0 bridgehead atoms. The highest BCUT2D eigenvalue weighted by Gasteiger charge is 2.08. The molecule has 1 aromatic rings. The van der Waals surface area contributed by atoms with Crippen LogP contribution in [0, 0.1) is 11.8 Å². The Hall–Kier alpha value is -1.56. The first-order valence-electron chi connectivity index (χ1n) is 8.13. The molecule has 0 radical (unpaired) electrons. The standard InChI is InChI=1S/C17H30N4OS/c1-13(2)10-18-17(20-12-16(22)21(4)5)19-11-14(3)9-15-7-6-8-23-15/h6-8,13-14H,9-12H2,1-5H3,(H2,18,19,20). The van der Waals surface area contributed by atoms with Gasteiger partial charge in [-0.3, -0.25) is 4.79 Å². The normalized spacial score (nSPS) is 13.0. The number of aliphatic imine (C=N–C) groups is 1. The summed E-state index contributed by atoms with van der Waals surface area (Å²) in [6.07, 6.45) is 1.05. The Morgan fingerprint density at radius 3 is 2.52 bits per heavy atom. The van der Waals surface area contributed by atoms with E-state index in [1.54, 1.807) is 30.3 Å². The maximum atomic E-state index is 11.7. The van der Waals surface area contributed by atoms with E-state index in [2.05, 4.69) is 53.9 Å². The molecule has 0 aliphatic rings. The molecule has 0 aromatic carbocycles. The van der Waals surface area contributed by atoms with Crippen LogP contribution in [0.2, 0.25) is 0 Å². The third kappa shape index (κ3) is 8.59. The molecule has 1 aromatic heterocycles. The number of likely N-dealkylation sites (N-methyl/N-ethyl adjacent to an activating group) is 1. The molecule has 0 fully saturated rings. The SMILES string of the molecule is CC(C)CNC(=NCC(=O)N(C)C)NCC(C)Cc1cccs1. The summed E-state index contributed by atoms with van der Waals surface area (Å²) in [5.74, 6) is 1.74. The predicted molar refractivity (Wildman–Crippen MR) is 99.0 cm³/mol. The van der Waals surface area contributed by atoms with Crippen molar-refractivity contribution in [1.82, 2.24) is 15.5 Å². The zero-order chi connectivity index (χ0) is 17.2. The molecular weight excluding hydrogens is 308 g/mol. The number of carbonyl (C=O) groups excluding carboxylic acids is 1. The summed E-state index contributed by atoms with van der Waals surface area (Å²) >= 11 is 1.79. The minimum atomic E-state index is 0.00211. The van der Waals surface area contributed by atoms with E-state index in [-0.39, 0.29) is 12.5 Å². The van der Waals surface area contributed by atoms with Gasteiger partial charge in [-0.05, 0) is 29.7 Å². The Bertz CT molecular complexity index is 483. The molecule has 0 aliphatic carbocycles. The predicted octanol–water partition coefficient (Wildman–Crippen LogP) is 2.21. The molecule has 23 heavy (non-hydrogen) atoms. The lowest BCUT2D eigenvalue weighted by molar-refractivity contribution is -0.127. The average molecular weight is 339 g/mol. The van der Waals surface area contributed by atoms with Crippen molar-refractivity contribution in [3.63, 3.8) is 0 Å². The first kappa shape index (κ1) is 19.5. The Morgan fingerprint density at radius 1 is 1.26 bits per heavy atom. The van der Waals surface area contributed by atoms with E-state index >= 15 is 0 Å². The average Bonchev–Trinajstić information content (AvgIpc) is 2.98. The summed E-state index contributed by atoms with van der Waals surface area (Å²) < 4.78 is 0. The third-order valence-corrected chi connectivity index (χ3v) is 4.20. The summed E-state index contributed by atoms with van der Waals surface area (Å²) in [6.45, 7) is 8.35. The topological polar surface area (TPSA) is 56.7 Å².